The molecule has 0 unspecified atom stereocenters. The largest absolute Gasteiger partial charge is 0.490 e. The molecule has 1 amide bonds. The van der Waals surface area contributed by atoms with Gasteiger partial charge in [0.15, 0.2) is 22.1 Å². The van der Waals surface area contributed by atoms with Crippen LogP contribution in [-0.2, 0) is 11.3 Å². The van der Waals surface area contributed by atoms with Crippen molar-refractivity contribution in [3.8, 4) is 22.9 Å². The predicted molar refractivity (Wildman–Crippen MR) is 113 cm³/mol. The molecule has 2 N–H and O–H groups in total. The van der Waals surface area contributed by atoms with Gasteiger partial charge in [-0.3, -0.25) is 14.5 Å². The van der Waals surface area contributed by atoms with Crippen LogP contribution < -0.4 is 14.8 Å². The molecule has 1 aliphatic rings. The molecule has 0 fully saturated rings. The number of aromatic nitrogens is 3. The number of carbonyl (C=O) groups is 1. The second-order valence-corrected chi connectivity index (χ2v) is 7.27. The van der Waals surface area contributed by atoms with Gasteiger partial charge in [-0.15, -0.1) is 0 Å². The quantitative estimate of drug-likeness (QED) is 0.619. The maximum atomic E-state index is 12.5. The topological polar surface area (TPSA) is 81.2 Å². The van der Waals surface area contributed by atoms with Crippen LogP contribution in [0.2, 0.25) is 0 Å². The lowest BCUT2D eigenvalue weighted by atomic mass is 10.1. The van der Waals surface area contributed by atoms with E-state index >= 15 is 0 Å². The molecule has 0 radical (unpaired) electrons. The van der Waals surface area contributed by atoms with Gasteiger partial charge in [0.25, 0.3) is 0 Å². The van der Waals surface area contributed by atoms with Gasteiger partial charge in [-0.1, -0.05) is 29.8 Å². The van der Waals surface area contributed by atoms with Crippen LogP contribution in [0.25, 0.3) is 11.4 Å². The Balaban J connectivity index is 1.43. The summed E-state index contributed by atoms with van der Waals surface area (Å²) in [4.78, 5) is 12.5. The molecule has 0 atom stereocenters. The van der Waals surface area contributed by atoms with E-state index < -0.39 is 0 Å². The number of hydrogen-bond donors (Lipinski definition) is 2. The smallest absolute Gasteiger partial charge is 0.226 e. The van der Waals surface area contributed by atoms with Crippen LogP contribution in [0.1, 0.15) is 18.4 Å². The summed E-state index contributed by atoms with van der Waals surface area (Å²) < 4.78 is 13.6. The number of nitrogens with one attached hydrogen (secondary N) is 2. The fourth-order valence-electron chi connectivity index (χ4n) is 3.13. The number of amides is 1. The maximum Gasteiger partial charge on any atom is 0.226 e. The van der Waals surface area contributed by atoms with Crippen molar-refractivity contribution in [2.45, 2.75) is 26.3 Å². The molecule has 0 saturated heterocycles. The number of benzene rings is 2. The van der Waals surface area contributed by atoms with Crippen molar-refractivity contribution < 1.29 is 14.3 Å². The normalized spacial score (nSPS) is 13.0. The molecule has 1 aliphatic heterocycles. The Hall–Kier alpha value is -3.13. The van der Waals surface area contributed by atoms with Crippen molar-refractivity contribution in [2.75, 3.05) is 18.5 Å². The van der Waals surface area contributed by atoms with Crippen LogP contribution in [-0.4, -0.2) is 33.9 Å². The Morgan fingerprint density at radius 3 is 2.72 bits per heavy atom. The molecule has 2 aromatic carbocycles. The van der Waals surface area contributed by atoms with E-state index in [1.165, 1.54) is 5.56 Å². The van der Waals surface area contributed by atoms with Gasteiger partial charge in [0.05, 0.1) is 13.2 Å². The molecule has 0 aliphatic carbocycles. The number of anilines is 1. The van der Waals surface area contributed by atoms with E-state index in [1.54, 1.807) is 6.07 Å². The first kappa shape index (κ1) is 19.2. The first-order valence-corrected chi connectivity index (χ1v) is 9.93. The SMILES string of the molecule is Cc1ccc(-c2n[nH]c(=S)n2CCC(=O)Nc2ccc3c(c2)OCCCO3)cc1. The van der Waals surface area contributed by atoms with Crippen LogP contribution in [0.4, 0.5) is 5.69 Å². The lowest BCUT2D eigenvalue weighted by Gasteiger charge is -2.11. The molecule has 3 aromatic rings. The first-order valence-electron chi connectivity index (χ1n) is 9.52. The molecule has 29 heavy (non-hydrogen) atoms. The summed E-state index contributed by atoms with van der Waals surface area (Å²) in [5.74, 6) is 1.96. The molecule has 8 heteroatoms. The average molecular weight is 410 g/mol. The van der Waals surface area contributed by atoms with E-state index in [-0.39, 0.29) is 12.3 Å². The molecule has 150 valence electrons. The fraction of sp³-hybridized carbons (Fsp3) is 0.286. The summed E-state index contributed by atoms with van der Waals surface area (Å²) in [5, 5.41) is 10.0. The van der Waals surface area contributed by atoms with E-state index in [1.807, 2.05) is 47.9 Å². The van der Waals surface area contributed by atoms with E-state index in [9.17, 15) is 4.79 Å². The molecular weight excluding hydrogens is 388 g/mol. The fourth-order valence-corrected chi connectivity index (χ4v) is 3.35. The summed E-state index contributed by atoms with van der Waals surface area (Å²) in [6.07, 6.45) is 1.10. The minimum atomic E-state index is -0.113. The lowest BCUT2D eigenvalue weighted by molar-refractivity contribution is -0.116. The standard InChI is InChI=1S/C21H22N4O3S/c1-14-3-5-15(6-4-14)20-23-24-21(29)25(20)10-9-19(26)22-16-7-8-17-18(13-16)28-12-2-11-27-17/h3-8,13H,2,9-12H2,1H3,(H,22,26)(H,24,29). The van der Waals surface area contributed by atoms with E-state index in [2.05, 4.69) is 15.5 Å². The average Bonchev–Trinajstić information content (AvgIpc) is 2.93. The number of aromatic amines is 1. The van der Waals surface area contributed by atoms with Crippen molar-refractivity contribution in [2.24, 2.45) is 0 Å². The van der Waals surface area contributed by atoms with Crippen LogP contribution in [0.5, 0.6) is 11.5 Å². The second-order valence-electron chi connectivity index (χ2n) is 6.88. The van der Waals surface area contributed by atoms with Crippen molar-refractivity contribution in [1.82, 2.24) is 14.8 Å². The minimum Gasteiger partial charge on any atom is -0.490 e. The van der Waals surface area contributed by atoms with Gasteiger partial charge in [0.1, 0.15) is 0 Å². The zero-order valence-corrected chi connectivity index (χ0v) is 16.9. The van der Waals surface area contributed by atoms with Crippen molar-refractivity contribution in [1.29, 1.82) is 0 Å². The molecule has 0 bridgehead atoms. The van der Waals surface area contributed by atoms with E-state index in [4.69, 9.17) is 21.7 Å². The molecule has 1 aromatic heterocycles. The van der Waals surface area contributed by atoms with Crippen molar-refractivity contribution >= 4 is 23.8 Å². The van der Waals surface area contributed by atoms with Gasteiger partial charge in [0.2, 0.25) is 5.91 Å². The third kappa shape index (κ3) is 4.48. The van der Waals surface area contributed by atoms with E-state index in [0.29, 0.717) is 41.7 Å². The van der Waals surface area contributed by atoms with Crippen LogP contribution in [0.3, 0.4) is 0 Å². The Bertz CT molecular complexity index is 1070. The van der Waals surface area contributed by atoms with Crippen LogP contribution in [0.15, 0.2) is 42.5 Å². The zero-order valence-electron chi connectivity index (χ0n) is 16.1. The van der Waals surface area contributed by atoms with Gasteiger partial charge in [-0.05, 0) is 31.3 Å². The van der Waals surface area contributed by atoms with Crippen molar-refractivity contribution in [3.63, 3.8) is 0 Å². The molecule has 0 spiro atoms. The van der Waals surface area contributed by atoms with Gasteiger partial charge < -0.3 is 14.8 Å². The third-order valence-corrected chi connectivity index (χ3v) is 4.97. The van der Waals surface area contributed by atoms with Crippen LogP contribution in [0, 0.1) is 11.7 Å². The van der Waals surface area contributed by atoms with Gasteiger partial charge in [-0.25, -0.2) is 0 Å². The number of nitrogens with zero attached hydrogens (tertiary/aromatic N) is 2. The molecule has 2 heterocycles. The first-order chi connectivity index (χ1) is 14.1. The Labute approximate surface area is 173 Å². The third-order valence-electron chi connectivity index (χ3n) is 4.66. The summed E-state index contributed by atoms with van der Waals surface area (Å²) in [5.41, 5.74) is 2.80. The Kier molecular flexibility index (Phi) is 5.62. The Morgan fingerprint density at radius 1 is 1.17 bits per heavy atom. The number of aryl methyl sites for hydroxylation is 1. The number of ether oxygens (including phenoxy) is 2. The molecule has 4 rings (SSSR count). The number of H-pyrrole nitrogens is 1. The summed E-state index contributed by atoms with van der Waals surface area (Å²) >= 11 is 5.34. The van der Waals surface area contributed by atoms with E-state index in [0.717, 1.165) is 17.8 Å². The number of hydrogen-bond acceptors (Lipinski definition) is 5. The highest BCUT2D eigenvalue weighted by Crippen LogP contribution is 2.32. The van der Waals surface area contributed by atoms with Gasteiger partial charge in [-0.2, -0.15) is 5.10 Å². The highest BCUT2D eigenvalue weighted by Gasteiger charge is 2.13. The number of rotatable bonds is 5. The second kappa shape index (κ2) is 8.48. The molecular formula is C21H22N4O3S. The monoisotopic (exact) mass is 410 g/mol. The molecule has 7 nitrogen and oxygen atoms in total. The van der Waals surface area contributed by atoms with Gasteiger partial charge >= 0.3 is 0 Å². The predicted octanol–water partition coefficient (Wildman–Crippen LogP) is 4.11. The summed E-state index contributed by atoms with van der Waals surface area (Å²) in [6, 6.07) is 13.5. The molecule has 0 saturated carbocycles. The minimum absolute atomic E-state index is 0.113. The van der Waals surface area contributed by atoms with Gasteiger partial charge in [0, 0.05) is 36.7 Å². The Morgan fingerprint density at radius 2 is 1.93 bits per heavy atom. The maximum absolute atomic E-state index is 12.5. The highest BCUT2D eigenvalue weighted by atomic mass is 32.1. The lowest BCUT2D eigenvalue weighted by Crippen LogP contribution is -2.15. The van der Waals surface area contributed by atoms with Crippen LogP contribution >= 0.6 is 12.2 Å². The highest BCUT2D eigenvalue weighted by molar-refractivity contribution is 7.71. The number of carbonyl (C=O) groups excluding carboxylic acids is 1. The summed E-state index contributed by atoms with van der Waals surface area (Å²) in [7, 11) is 0. The summed E-state index contributed by atoms with van der Waals surface area (Å²) in [6.45, 7) is 3.69. The van der Waals surface area contributed by atoms with Crippen molar-refractivity contribution in [3.05, 3.63) is 52.8 Å². The number of fused-ring (bicyclic) bond motifs is 1. The zero-order chi connectivity index (χ0) is 20.2.